The third-order valence-corrected chi connectivity index (χ3v) is 5.71. The number of aryl methyl sites for hydroxylation is 1. The largest absolute Gasteiger partial charge is 0.496 e. The van der Waals surface area contributed by atoms with E-state index in [4.69, 9.17) is 4.74 Å². The number of nitrogens with one attached hydrogen (secondary N) is 2. The Morgan fingerprint density at radius 2 is 2.07 bits per heavy atom. The zero-order valence-corrected chi connectivity index (χ0v) is 18.2. The van der Waals surface area contributed by atoms with Crippen molar-refractivity contribution in [3.8, 4) is 5.75 Å². The van der Waals surface area contributed by atoms with E-state index in [1.807, 2.05) is 49.4 Å². The van der Waals surface area contributed by atoms with Crippen LogP contribution in [0.1, 0.15) is 17.5 Å². The zero-order chi connectivity index (χ0) is 20.8. The van der Waals surface area contributed by atoms with Gasteiger partial charge >= 0.3 is 0 Å². The highest BCUT2D eigenvalue weighted by atomic mass is 79.9. The van der Waals surface area contributed by atoms with Gasteiger partial charge in [0.05, 0.1) is 17.8 Å². The number of hydrogen-bond donors (Lipinski definition) is 2. The number of amides is 2. The predicted molar refractivity (Wildman–Crippen MR) is 120 cm³/mol. The SMILES string of the molecule is COc1ccc(/C=N\N=C2\NC(=O)[C@H](CC(=O)Nc3ccc(C)cc3)S2)cc1Br. The number of rotatable bonds is 6. The second-order valence-electron chi connectivity index (χ2n) is 6.26. The molecule has 1 aliphatic heterocycles. The quantitative estimate of drug-likeness (QED) is 0.492. The Balaban J connectivity index is 1.55. The number of ether oxygens (including phenoxy) is 1. The van der Waals surface area contributed by atoms with E-state index in [1.54, 1.807) is 13.3 Å². The van der Waals surface area contributed by atoms with Crippen molar-refractivity contribution >= 4 is 56.6 Å². The molecule has 1 saturated heterocycles. The average Bonchev–Trinajstić information content (AvgIpc) is 3.03. The molecule has 0 unspecified atom stereocenters. The van der Waals surface area contributed by atoms with Gasteiger partial charge in [-0.1, -0.05) is 29.5 Å². The van der Waals surface area contributed by atoms with Crippen LogP contribution in [0.4, 0.5) is 5.69 Å². The number of anilines is 1. The Labute approximate surface area is 181 Å². The first-order valence-electron chi connectivity index (χ1n) is 8.73. The smallest absolute Gasteiger partial charge is 0.240 e. The van der Waals surface area contributed by atoms with E-state index in [0.717, 1.165) is 21.3 Å². The highest BCUT2D eigenvalue weighted by molar-refractivity contribution is 9.10. The van der Waals surface area contributed by atoms with Crippen LogP contribution in [-0.4, -0.2) is 35.6 Å². The molecule has 1 fully saturated rings. The lowest BCUT2D eigenvalue weighted by Crippen LogP contribution is -2.28. The molecule has 2 aromatic rings. The van der Waals surface area contributed by atoms with E-state index in [2.05, 4.69) is 36.8 Å². The van der Waals surface area contributed by atoms with Gasteiger partial charge in [0.1, 0.15) is 11.0 Å². The van der Waals surface area contributed by atoms with Gasteiger partial charge < -0.3 is 15.4 Å². The minimum absolute atomic E-state index is 0.0541. The maximum absolute atomic E-state index is 12.2. The monoisotopic (exact) mass is 474 g/mol. The molecule has 0 radical (unpaired) electrons. The lowest BCUT2D eigenvalue weighted by molar-refractivity contribution is -0.122. The molecular weight excluding hydrogens is 456 g/mol. The Morgan fingerprint density at radius 3 is 2.76 bits per heavy atom. The molecule has 0 aromatic heterocycles. The van der Waals surface area contributed by atoms with E-state index in [0.29, 0.717) is 10.9 Å². The Bertz CT molecular complexity index is 976. The minimum Gasteiger partial charge on any atom is -0.496 e. The van der Waals surface area contributed by atoms with E-state index >= 15 is 0 Å². The number of nitrogens with zero attached hydrogens (tertiary/aromatic N) is 2. The molecular formula is C20H19BrN4O3S. The number of carbonyl (C=O) groups is 2. The second-order valence-corrected chi connectivity index (χ2v) is 8.30. The lowest BCUT2D eigenvalue weighted by Gasteiger charge is -2.07. The first kappa shape index (κ1) is 21.1. The van der Waals surface area contributed by atoms with Crippen LogP contribution in [0.25, 0.3) is 0 Å². The fraction of sp³-hybridized carbons (Fsp3) is 0.200. The van der Waals surface area contributed by atoms with Gasteiger partial charge in [-0.2, -0.15) is 5.10 Å². The Morgan fingerprint density at radius 1 is 1.31 bits per heavy atom. The van der Waals surface area contributed by atoms with Gasteiger partial charge in [0.15, 0.2) is 5.17 Å². The summed E-state index contributed by atoms with van der Waals surface area (Å²) in [6.45, 7) is 1.97. The molecule has 2 aromatic carbocycles. The van der Waals surface area contributed by atoms with Gasteiger partial charge in [-0.3, -0.25) is 9.59 Å². The average molecular weight is 475 g/mol. The summed E-state index contributed by atoms with van der Waals surface area (Å²) in [5, 5.41) is 13.3. The van der Waals surface area contributed by atoms with Crippen LogP contribution in [-0.2, 0) is 9.59 Å². The zero-order valence-electron chi connectivity index (χ0n) is 15.8. The van der Waals surface area contributed by atoms with E-state index in [1.165, 1.54) is 11.8 Å². The van der Waals surface area contributed by atoms with Gasteiger partial charge in [0.2, 0.25) is 11.8 Å². The molecule has 1 aliphatic rings. The maximum atomic E-state index is 12.2. The Kier molecular flexibility index (Phi) is 7.05. The third-order valence-electron chi connectivity index (χ3n) is 4.01. The highest BCUT2D eigenvalue weighted by Crippen LogP contribution is 2.25. The van der Waals surface area contributed by atoms with Crippen LogP contribution >= 0.6 is 27.7 Å². The Hall–Kier alpha value is -2.65. The molecule has 2 amide bonds. The summed E-state index contributed by atoms with van der Waals surface area (Å²) < 4.78 is 5.99. The van der Waals surface area contributed by atoms with E-state index in [-0.39, 0.29) is 18.2 Å². The number of halogens is 1. The van der Waals surface area contributed by atoms with Crippen LogP contribution in [0, 0.1) is 6.92 Å². The molecule has 0 aliphatic carbocycles. The van der Waals surface area contributed by atoms with Crippen LogP contribution < -0.4 is 15.4 Å². The molecule has 0 spiro atoms. The van der Waals surface area contributed by atoms with Crippen molar-refractivity contribution in [2.75, 3.05) is 12.4 Å². The summed E-state index contributed by atoms with van der Waals surface area (Å²) in [7, 11) is 1.59. The topological polar surface area (TPSA) is 92.2 Å². The molecule has 3 rings (SSSR count). The van der Waals surface area contributed by atoms with E-state index in [9.17, 15) is 9.59 Å². The lowest BCUT2D eigenvalue weighted by atomic mass is 10.2. The molecule has 29 heavy (non-hydrogen) atoms. The molecule has 9 heteroatoms. The summed E-state index contributed by atoms with van der Waals surface area (Å²) in [5.74, 6) is 0.239. The first-order chi connectivity index (χ1) is 13.9. The van der Waals surface area contributed by atoms with Gasteiger partial charge in [-0.05, 0) is 58.7 Å². The predicted octanol–water partition coefficient (Wildman–Crippen LogP) is 3.72. The molecule has 2 N–H and O–H groups in total. The van der Waals surface area contributed by atoms with Gasteiger partial charge in [-0.25, -0.2) is 0 Å². The normalized spacial score (nSPS) is 17.6. The number of hydrogen-bond acceptors (Lipinski definition) is 6. The number of thioether (sulfide) groups is 1. The van der Waals surface area contributed by atoms with Crippen LogP contribution in [0.2, 0.25) is 0 Å². The summed E-state index contributed by atoms with van der Waals surface area (Å²) in [6.07, 6.45) is 1.62. The molecule has 1 atom stereocenters. The molecule has 0 bridgehead atoms. The minimum atomic E-state index is -0.537. The number of amidine groups is 1. The number of benzene rings is 2. The van der Waals surface area contributed by atoms with Crippen LogP contribution in [0.3, 0.4) is 0 Å². The standard InChI is InChI=1S/C20H19BrN4O3S/c1-12-3-6-14(7-4-12)23-18(26)10-17-19(27)24-20(29-17)25-22-11-13-5-8-16(28-2)15(21)9-13/h3-9,11,17H,10H2,1-2H3,(H,23,26)(H,24,25,27)/b22-11-/t17-/m0/s1. The summed E-state index contributed by atoms with van der Waals surface area (Å²) >= 11 is 4.60. The molecule has 150 valence electrons. The van der Waals surface area contributed by atoms with Gasteiger partial charge in [0.25, 0.3) is 0 Å². The van der Waals surface area contributed by atoms with E-state index < -0.39 is 5.25 Å². The van der Waals surface area contributed by atoms with Crippen molar-refractivity contribution in [1.82, 2.24) is 5.32 Å². The summed E-state index contributed by atoms with van der Waals surface area (Å²) in [4.78, 5) is 24.3. The van der Waals surface area contributed by atoms with Crippen molar-refractivity contribution in [1.29, 1.82) is 0 Å². The van der Waals surface area contributed by atoms with Crippen LogP contribution in [0.5, 0.6) is 5.75 Å². The maximum Gasteiger partial charge on any atom is 0.240 e. The molecule has 0 saturated carbocycles. The van der Waals surface area contributed by atoms with Gasteiger partial charge in [-0.15, -0.1) is 5.10 Å². The van der Waals surface area contributed by atoms with Crippen molar-refractivity contribution in [2.45, 2.75) is 18.6 Å². The highest BCUT2D eigenvalue weighted by Gasteiger charge is 2.32. The fourth-order valence-corrected chi connectivity index (χ4v) is 4.00. The second kappa shape index (κ2) is 9.71. The summed E-state index contributed by atoms with van der Waals surface area (Å²) in [6, 6.07) is 13.0. The number of carbonyl (C=O) groups excluding carboxylic acids is 2. The van der Waals surface area contributed by atoms with Crippen molar-refractivity contribution in [3.05, 3.63) is 58.1 Å². The van der Waals surface area contributed by atoms with Gasteiger partial charge in [0, 0.05) is 12.1 Å². The fourth-order valence-electron chi connectivity index (χ4n) is 2.51. The third kappa shape index (κ3) is 5.91. The molecule has 7 nitrogen and oxygen atoms in total. The van der Waals surface area contributed by atoms with Crippen LogP contribution in [0.15, 0.2) is 57.1 Å². The summed E-state index contributed by atoms with van der Waals surface area (Å²) in [5.41, 5.74) is 2.63. The van der Waals surface area contributed by atoms with Crippen molar-refractivity contribution in [3.63, 3.8) is 0 Å². The van der Waals surface area contributed by atoms with Crippen molar-refractivity contribution < 1.29 is 14.3 Å². The first-order valence-corrected chi connectivity index (χ1v) is 10.4. The van der Waals surface area contributed by atoms with Crippen molar-refractivity contribution in [2.24, 2.45) is 10.2 Å². The number of methoxy groups -OCH3 is 1. The molecule has 1 heterocycles.